The van der Waals surface area contributed by atoms with E-state index in [2.05, 4.69) is 6.92 Å². The first kappa shape index (κ1) is 12.0. The number of rotatable bonds is 5. The molecule has 0 radical (unpaired) electrons. The summed E-state index contributed by atoms with van der Waals surface area (Å²) in [6.45, 7) is 6.18. The van der Waals surface area contributed by atoms with E-state index in [0.717, 1.165) is 32.3 Å². The second-order valence-corrected chi connectivity index (χ2v) is 3.62. The molecule has 1 aliphatic heterocycles. The van der Waals surface area contributed by atoms with Crippen molar-refractivity contribution < 1.29 is 14.2 Å². The Morgan fingerprint density at radius 3 is 2.71 bits per heavy atom. The normalized spacial score (nSPS) is 28.7. The van der Waals surface area contributed by atoms with E-state index in [1.807, 2.05) is 6.92 Å². The Balaban J connectivity index is 2.48. The van der Waals surface area contributed by atoms with Crippen LogP contribution in [0.4, 0.5) is 0 Å². The average molecular weight is 202 g/mol. The van der Waals surface area contributed by atoms with Gasteiger partial charge in [-0.1, -0.05) is 13.3 Å². The van der Waals surface area contributed by atoms with Gasteiger partial charge in [-0.25, -0.2) is 0 Å². The highest BCUT2D eigenvalue weighted by Crippen LogP contribution is 2.27. The van der Waals surface area contributed by atoms with E-state index in [1.54, 1.807) is 0 Å². The van der Waals surface area contributed by atoms with E-state index in [0.29, 0.717) is 13.2 Å². The van der Waals surface area contributed by atoms with Crippen LogP contribution < -0.4 is 0 Å². The molecule has 1 heterocycles. The summed E-state index contributed by atoms with van der Waals surface area (Å²) in [5, 5.41) is 0. The van der Waals surface area contributed by atoms with E-state index >= 15 is 0 Å². The fraction of sp³-hybridized carbons (Fsp3) is 1.00. The molecule has 14 heavy (non-hydrogen) atoms. The SMILES string of the molecule is CCCOC1(OCC)CCCCCO1. The molecule has 0 saturated carbocycles. The van der Waals surface area contributed by atoms with Gasteiger partial charge in [0.05, 0.1) is 13.2 Å². The van der Waals surface area contributed by atoms with Gasteiger partial charge >= 0.3 is 0 Å². The van der Waals surface area contributed by atoms with Gasteiger partial charge < -0.3 is 14.2 Å². The van der Waals surface area contributed by atoms with Crippen molar-refractivity contribution in [2.24, 2.45) is 0 Å². The third kappa shape index (κ3) is 3.56. The molecule has 3 nitrogen and oxygen atoms in total. The molecule has 0 spiro atoms. The van der Waals surface area contributed by atoms with Crippen molar-refractivity contribution in [3.63, 3.8) is 0 Å². The molecule has 3 heteroatoms. The Bertz CT molecular complexity index is 139. The maximum Gasteiger partial charge on any atom is 0.282 e. The maximum absolute atomic E-state index is 5.70. The molecule has 0 aliphatic carbocycles. The molecule has 0 amide bonds. The van der Waals surface area contributed by atoms with Crippen molar-refractivity contribution in [1.82, 2.24) is 0 Å². The lowest BCUT2D eigenvalue weighted by Crippen LogP contribution is -2.39. The zero-order chi connectivity index (χ0) is 10.3. The molecule has 0 aromatic rings. The van der Waals surface area contributed by atoms with Crippen molar-refractivity contribution in [2.75, 3.05) is 19.8 Å². The molecule has 0 N–H and O–H groups in total. The van der Waals surface area contributed by atoms with Gasteiger partial charge in [0.2, 0.25) is 0 Å². The zero-order valence-electron chi connectivity index (χ0n) is 9.38. The van der Waals surface area contributed by atoms with Gasteiger partial charge in [0, 0.05) is 13.0 Å². The van der Waals surface area contributed by atoms with Crippen molar-refractivity contribution in [3.8, 4) is 0 Å². The van der Waals surface area contributed by atoms with Gasteiger partial charge in [0.15, 0.2) is 0 Å². The first-order valence-electron chi connectivity index (χ1n) is 5.75. The summed E-state index contributed by atoms with van der Waals surface area (Å²) in [5.74, 6) is -0.735. The van der Waals surface area contributed by atoms with Crippen LogP contribution in [0, 0.1) is 0 Å². The van der Waals surface area contributed by atoms with Crippen LogP contribution in [0.3, 0.4) is 0 Å². The van der Waals surface area contributed by atoms with Gasteiger partial charge in [-0.2, -0.15) is 0 Å². The highest BCUT2D eigenvalue weighted by Gasteiger charge is 2.33. The third-order valence-electron chi connectivity index (χ3n) is 2.34. The third-order valence-corrected chi connectivity index (χ3v) is 2.34. The predicted octanol–water partition coefficient (Wildman–Crippen LogP) is 2.69. The molecular weight excluding hydrogens is 180 g/mol. The van der Waals surface area contributed by atoms with Crippen LogP contribution >= 0.6 is 0 Å². The standard InChI is InChI=1S/C11H22O3/c1-3-9-13-11(12-4-2)8-6-5-7-10-14-11/h3-10H2,1-2H3. The second kappa shape index (κ2) is 6.38. The monoisotopic (exact) mass is 202 g/mol. The summed E-state index contributed by atoms with van der Waals surface area (Å²) in [6.07, 6.45) is 5.32. The highest BCUT2D eigenvalue weighted by atomic mass is 16.9. The quantitative estimate of drug-likeness (QED) is 0.641. The molecule has 1 atom stereocenters. The maximum atomic E-state index is 5.70. The van der Waals surface area contributed by atoms with E-state index in [1.165, 1.54) is 6.42 Å². The molecule has 0 bridgehead atoms. The van der Waals surface area contributed by atoms with E-state index in [4.69, 9.17) is 14.2 Å². The first-order chi connectivity index (χ1) is 6.83. The predicted molar refractivity (Wildman–Crippen MR) is 55.0 cm³/mol. The van der Waals surface area contributed by atoms with Crippen molar-refractivity contribution in [3.05, 3.63) is 0 Å². The van der Waals surface area contributed by atoms with Crippen LogP contribution in [-0.2, 0) is 14.2 Å². The summed E-state index contributed by atoms with van der Waals surface area (Å²) in [5.41, 5.74) is 0. The topological polar surface area (TPSA) is 27.7 Å². The van der Waals surface area contributed by atoms with Gasteiger partial charge in [-0.05, 0) is 26.2 Å². The Hall–Kier alpha value is -0.120. The Morgan fingerprint density at radius 2 is 2.00 bits per heavy atom. The van der Waals surface area contributed by atoms with Crippen LogP contribution in [0.25, 0.3) is 0 Å². The van der Waals surface area contributed by atoms with Gasteiger partial charge in [0.1, 0.15) is 0 Å². The van der Waals surface area contributed by atoms with Crippen LogP contribution in [-0.4, -0.2) is 25.8 Å². The Kier molecular flexibility index (Phi) is 5.45. The van der Waals surface area contributed by atoms with E-state index in [-0.39, 0.29) is 0 Å². The summed E-state index contributed by atoms with van der Waals surface area (Å²) in [4.78, 5) is 0. The van der Waals surface area contributed by atoms with Crippen LogP contribution in [0.1, 0.15) is 46.0 Å². The molecule has 1 aliphatic rings. The van der Waals surface area contributed by atoms with E-state index < -0.39 is 5.97 Å². The fourth-order valence-corrected chi connectivity index (χ4v) is 1.67. The minimum Gasteiger partial charge on any atom is -0.328 e. The average Bonchev–Trinajstić information content (AvgIpc) is 2.42. The van der Waals surface area contributed by atoms with Gasteiger partial charge in [-0.3, -0.25) is 0 Å². The molecule has 1 fully saturated rings. The lowest BCUT2D eigenvalue weighted by atomic mass is 10.2. The van der Waals surface area contributed by atoms with E-state index in [9.17, 15) is 0 Å². The number of hydrogen-bond acceptors (Lipinski definition) is 3. The van der Waals surface area contributed by atoms with Crippen LogP contribution in [0.2, 0.25) is 0 Å². The van der Waals surface area contributed by atoms with Gasteiger partial charge in [0.25, 0.3) is 5.97 Å². The summed E-state index contributed by atoms with van der Waals surface area (Å²) < 4.78 is 17.0. The molecule has 1 unspecified atom stereocenters. The first-order valence-corrected chi connectivity index (χ1v) is 5.75. The summed E-state index contributed by atoms with van der Waals surface area (Å²) >= 11 is 0. The lowest BCUT2D eigenvalue weighted by Gasteiger charge is -2.31. The van der Waals surface area contributed by atoms with Crippen LogP contribution in [0.5, 0.6) is 0 Å². The minimum atomic E-state index is -0.735. The summed E-state index contributed by atoms with van der Waals surface area (Å²) in [7, 11) is 0. The molecule has 0 aromatic carbocycles. The molecule has 84 valence electrons. The molecule has 1 rings (SSSR count). The minimum absolute atomic E-state index is 0.643. The van der Waals surface area contributed by atoms with Crippen molar-refractivity contribution in [1.29, 1.82) is 0 Å². The van der Waals surface area contributed by atoms with Gasteiger partial charge in [-0.15, -0.1) is 0 Å². The molecule has 0 aromatic heterocycles. The van der Waals surface area contributed by atoms with Crippen molar-refractivity contribution >= 4 is 0 Å². The Labute approximate surface area is 86.7 Å². The fourth-order valence-electron chi connectivity index (χ4n) is 1.67. The largest absolute Gasteiger partial charge is 0.328 e. The smallest absolute Gasteiger partial charge is 0.282 e. The number of hydrogen-bond donors (Lipinski definition) is 0. The zero-order valence-corrected chi connectivity index (χ0v) is 9.38. The van der Waals surface area contributed by atoms with Crippen molar-refractivity contribution in [2.45, 2.75) is 51.9 Å². The number of ether oxygens (including phenoxy) is 3. The highest BCUT2D eigenvalue weighted by molar-refractivity contribution is 4.62. The summed E-state index contributed by atoms with van der Waals surface area (Å²) in [6, 6.07) is 0. The lowest BCUT2D eigenvalue weighted by molar-refractivity contribution is -0.379. The Morgan fingerprint density at radius 1 is 1.14 bits per heavy atom. The molecule has 1 saturated heterocycles. The van der Waals surface area contributed by atoms with Crippen LogP contribution in [0.15, 0.2) is 0 Å². The second-order valence-electron chi connectivity index (χ2n) is 3.62. The molecular formula is C11H22O3.